The van der Waals surface area contributed by atoms with Crippen molar-refractivity contribution in [3.63, 3.8) is 0 Å². The Morgan fingerprint density at radius 3 is 2.65 bits per heavy atom. The summed E-state index contributed by atoms with van der Waals surface area (Å²) in [7, 11) is 0. The Hall–Kier alpha value is -1.69. The quantitative estimate of drug-likeness (QED) is 0.628. The third-order valence-corrected chi connectivity index (χ3v) is 6.83. The van der Waals surface area contributed by atoms with Crippen molar-refractivity contribution in [1.29, 1.82) is 0 Å². The average Bonchev–Trinajstić information content (AvgIpc) is 2.66. The summed E-state index contributed by atoms with van der Waals surface area (Å²) in [4.78, 5) is 18.5. The summed E-state index contributed by atoms with van der Waals surface area (Å²) in [5, 5.41) is 3.47. The molecular weight excluding hydrogens is 344 g/mol. The molecule has 1 saturated heterocycles. The lowest BCUT2D eigenvalue weighted by Crippen LogP contribution is -2.53. The molecule has 2 fully saturated rings. The molecule has 1 spiro atoms. The summed E-state index contributed by atoms with van der Waals surface area (Å²) in [6.45, 7) is 5.75. The fourth-order valence-corrected chi connectivity index (χ4v) is 5.46. The van der Waals surface area contributed by atoms with Gasteiger partial charge in [-0.15, -0.1) is 0 Å². The minimum Gasteiger partial charge on any atom is -0.366 e. The molecule has 1 saturated carbocycles. The summed E-state index contributed by atoms with van der Waals surface area (Å²) >= 11 is 2.18. The van der Waals surface area contributed by atoms with Crippen LogP contribution in [-0.4, -0.2) is 46.9 Å². The Bertz CT molecular complexity index is 632. The van der Waals surface area contributed by atoms with Gasteiger partial charge in [-0.3, -0.25) is 4.79 Å². The predicted molar refractivity (Wildman–Crippen MR) is 110 cm³/mol. The lowest BCUT2D eigenvalue weighted by atomic mass is 9.87. The maximum atomic E-state index is 11.2. The highest BCUT2D eigenvalue weighted by Gasteiger charge is 2.38. The fraction of sp³-hybridized carbons (Fsp3) is 0.600. The molecule has 1 heterocycles. The van der Waals surface area contributed by atoms with E-state index in [4.69, 9.17) is 10.7 Å². The molecule has 0 unspecified atom stereocenters. The van der Waals surface area contributed by atoms with E-state index >= 15 is 0 Å². The fourth-order valence-electron chi connectivity index (χ4n) is 3.89. The van der Waals surface area contributed by atoms with Gasteiger partial charge in [0.15, 0.2) is 5.96 Å². The zero-order valence-corrected chi connectivity index (χ0v) is 16.5. The Labute approximate surface area is 160 Å². The number of nitrogens with one attached hydrogen (secondary N) is 1. The topological polar surface area (TPSA) is 70.7 Å². The maximum absolute atomic E-state index is 11.2. The van der Waals surface area contributed by atoms with E-state index in [9.17, 15) is 4.79 Å². The van der Waals surface area contributed by atoms with E-state index < -0.39 is 5.91 Å². The molecule has 3 rings (SSSR count). The first-order valence-electron chi connectivity index (χ1n) is 9.68. The summed E-state index contributed by atoms with van der Waals surface area (Å²) in [6.07, 6.45) is 6.78. The number of benzene rings is 1. The van der Waals surface area contributed by atoms with Crippen LogP contribution in [0.15, 0.2) is 29.3 Å². The van der Waals surface area contributed by atoms with Crippen molar-refractivity contribution in [3.8, 4) is 0 Å². The second kappa shape index (κ2) is 8.80. The molecule has 1 aromatic rings. The van der Waals surface area contributed by atoms with Gasteiger partial charge in [0.25, 0.3) is 0 Å². The molecule has 142 valence electrons. The first-order valence-corrected chi connectivity index (χ1v) is 10.7. The molecule has 5 nitrogen and oxygen atoms in total. The number of carbonyl (C=O) groups is 1. The van der Waals surface area contributed by atoms with Gasteiger partial charge in [0.2, 0.25) is 5.91 Å². The van der Waals surface area contributed by atoms with Gasteiger partial charge in [-0.1, -0.05) is 31.4 Å². The van der Waals surface area contributed by atoms with Gasteiger partial charge in [0, 0.05) is 35.7 Å². The van der Waals surface area contributed by atoms with Crippen molar-refractivity contribution in [2.45, 2.75) is 50.3 Å². The van der Waals surface area contributed by atoms with E-state index in [-0.39, 0.29) is 0 Å². The van der Waals surface area contributed by atoms with Crippen LogP contribution < -0.4 is 11.1 Å². The van der Waals surface area contributed by atoms with Gasteiger partial charge in [0.1, 0.15) is 0 Å². The van der Waals surface area contributed by atoms with Crippen LogP contribution in [0, 0.1) is 0 Å². The van der Waals surface area contributed by atoms with Crippen molar-refractivity contribution in [1.82, 2.24) is 10.2 Å². The highest BCUT2D eigenvalue weighted by molar-refractivity contribution is 8.00. The van der Waals surface area contributed by atoms with E-state index in [0.29, 0.717) is 16.9 Å². The molecular formula is C20H30N4OS. The van der Waals surface area contributed by atoms with Crippen LogP contribution in [0.25, 0.3) is 0 Å². The minimum atomic E-state index is -0.392. The normalized spacial score (nSPS) is 20.2. The molecule has 3 N–H and O–H groups in total. The Balaban J connectivity index is 1.69. The number of guanidine groups is 1. The SMILES string of the molecule is CCNC(=NCc1ccc(C(N)=O)cc1)N1CCSC2(CCCCC2)C1. The van der Waals surface area contributed by atoms with Gasteiger partial charge >= 0.3 is 0 Å². The van der Waals surface area contributed by atoms with Gasteiger partial charge in [0.05, 0.1) is 6.54 Å². The van der Waals surface area contributed by atoms with Crippen molar-refractivity contribution in [2.24, 2.45) is 10.7 Å². The van der Waals surface area contributed by atoms with Crippen LogP contribution in [0.2, 0.25) is 0 Å². The predicted octanol–water partition coefficient (Wildman–Crippen LogP) is 3.00. The van der Waals surface area contributed by atoms with Crippen LogP contribution in [0.5, 0.6) is 0 Å². The highest BCUT2D eigenvalue weighted by Crippen LogP contribution is 2.42. The molecule has 1 aliphatic carbocycles. The molecule has 2 aliphatic rings. The minimum absolute atomic E-state index is 0.392. The van der Waals surface area contributed by atoms with Crippen LogP contribution in [0.1, 0.15) is 54.9 Å². The monoisotopic (exact) mass is 374 g/mol. The van der Waals surface area contributed by atoms with Crippen LogP contribution >= 0.6 is 11.8 Å². The van der Waals surface area contributed by atoms with Crippen molar-refractivity contribution < 1.29 is 4.79 Å². The summed E-state index contributed by atoms with van der Waals surface area (Å²) < 4.78 is 0.426. The molecule has 26 heavy (non-hydrogen) atoms. The number of primary amides is 1. The Morgan fingerprint density at radius 1 is 1.27 bits per heavy atom. The van der Waals surface area contributed by atoms with E-state index in [1.165, 1.54) is 37.9 Å². The van der Waals surface area contributed by atoms with Crippen molar-refractivity contribution in [2.75, 3.05) is 25.4 Å². The van der Waals surface area contributed by atoms with Crippen molar-refractivity contribution >= 4 is 23.6 Å². The maximum Gasteiger partial charge on any atom is 0.248 e. The zero-order chi connectivity index (χ0) is 18.4. The Kier molecular flexibility index (Phi) is 6.46. The third-order valence-electron chi connectivity index (χ3n) is 5.30. The standard InChI is InChI=1S/C20H30N4OS/c1-2-22-19(23-14-16-6-8-17(9-7-16)18(21)25)24-12-13-26-20(15-24)10-4-3-5-11-20/h6-9H,2-5,10-15H2,1H3,(H2,21,25)(H,22,23). The number of nitrogens with zero attached hydrogens (tertiary/aromatic N) is 2. The van der Waals surface area contributed by atoms with E-state index in [1.54, 1.807) is 12.1 Å². The lowest BCUT2D eigenvalue weighted by molar-refractivity contribution is 0.100. The number of aliphatic imine (C=N–C) groups is 1. The van der Waals surface area contributed by atoms with E-state index in [0.717, 1.165) is 31.2 Å². The lowest BCUT2D eigenvalue weighted by Gasteiger charge is -2.45. The number of hydrogen-bond donors (Lipinski definition) is 2. The first-order chi connectivity index (χ1) is 12.6. The second-order valence-electron chi connectivity index (χ2n) is 7.25. The number of rotatable bonds is 4. The van der Waals surface area contributed by atoms with Gasteiger partial charge in [-0.05, 0) is 37.5 Å². The van der Waals surface area contributed by atoms with Crippen molar-refractivity contribution in [3.05, 3.63) is 35.4 Å². The average molecular weight is 375 g/mol. The van der Waals surface area contributed by atoms with E-state index in [1.807, 2.05) is 12.1 Å². The summed E-state index contributed by atoms with van der Waals surface area (Å²) in [5.74, 6) is 1.80. The number of carbonyl (C=O) groups excluding carboxylic acids is 1. The molecule has 0 bridgehead atoms. The summed E-state index contributed by atoms with van der Waals surface area (Å²) in [5.41, 5.74) is 6.93. The van der Waals surface area contributed by atoms with E-state index in [2.05, 4.69) is 28.9 Å². The van der Waals surface area contributed by atoms with Crippen LogP contribution in [0.4, 0.5) is 0 Å². The zero-order valence-electron chi connectivity index (χ0n) is 15.7. The van der Waals surface area contributed by atoms with Crippen LogP contribution in [0.3, 0.4) is 0 Å². The Morgan fingerprint density at radius 2 is 2.00 bits per heavy atom. The molecule has 1 amide bonds. The van der Waals surface area contributed by atoms with Crippen LogP contribution in [-0.2, 0) is 6.54 Å². The van der Waals surface area contributed by atoms with Gasteiger partial charge < -0.3 is 16.0 Å². The number of hydrogen-bond acceptors (Lipinski definition) is 3. The molecule has 1 aliphatic heterocycles. The van der Waals surface area contributed by atoms with Gasteiger partial charge in [-0.2, -0.15) is 11.8 Å². The second-order valence-corrected chi connectivity index (χ2v) is 8.81. The molecule has 6 heteroatoms. The number of thioether (sulfide) groups is 1. The smallest absolute Gasteiger partial charge is 0.248 e. The molecule has 0 aromatic heterocycles. The summed E-state index contributed by atoms with van der Waals surface area (Å²) in [6, 6.07) is 7.41. The molecule has 1 aromatic carbocycles. The third kappa shape index (κ3) is 4.72. The molecule has 0 radical (unpaired) electrons. The largest absolute Gasteiger partial charge is 0.366 e. The first kappa shape index (κ1) is 19.1. The van der Waals surface area contributed by atoms with Gasteiger partial charge in [-0.25, -0.2) is 4.99 Å². The number of nitrogens with two attached hydrogens (primary N) is 1. The number of amides is 1. The molecule has 0 atom stereocenters. The highest BCUT2D eigenvalue weighted by atomic mass is 32.2.